The van der Waals surface area contributed by atoms with Crippen LogP contribution in [0, 0.1) is 0 Å². The third kappa shape index (κ3) is 7.69. The van der Waals surface area contributed by atoms with Crippen molar-refractivity contribution in [3.63, 3.8) is 0 Å². The largest absolute Gasteiger partial charge is 0.497 e. The van der Waals surface area contributed by atoms with Gasteiger partial charge in [0, 0.05) is 27.7 Å². The number of nitrogens with one attached hydrogen (secondary N) is 1. The first kappa shape index (κ1) is 31.9. The molecule has 1 N–H and O–H groups in total. The molecule has 12 heteroatoms. The van der Waals surface area contributed by atoms with E-state index in [0.717, 1.165) is 30.0 Å². The van der Waals surface area contributed by atoms with Gasteiger partial charge in [0.1, 0.15) is 18.3 Å². The molecule has 0 aromatic heterocycles. The summed E-state index contributed by atoms with van der Waals surface area (Å²) < 4.78 is 34.0. The van der Waals surface area contributed by atoms with Crippen LogP contribution in [0.4, 0.5) is 5.69 Å². The normalized spacial score (nSPS) is 14.3. The number of hydrogen-bond acceptors (Lipinski definition) is 5. The van der Waals surface area contributed by atoms with Crippen LogP contribution in [-0.2, 0) is 26.2 Å². The van der Waals surface area contributed by atoms with Crippen LogP contribution in [0.2, 0.25) is 15.1 Å². The first-order chi connectivity index (χ1) is 20.0. The summed E-state index contributed by atoms with van der Waals surface area (Å²) in [6.45, 7) is 0.981. The maximum absolute atomic E-state index is 14.1. The van der Waals surface area contributed by atoms with Crippen molar-refractivity contribution in [2.45, 2.75) is 56.1 Å². The standard InChI is InChI=1S/C30H32Cl3N3O5S/c1-20(30(38)34-24-7-3-4-8-24)35(18-21-10-11-23(32)17-28(21)33)29(37)19-36(25-9-5-6-22(31)16-25)42(39,40)27-14-12-26(41-2)13-15-27/h5-6,9-17,20,24H,3-4,7-8,18-19H2,1-2H3,(H,34,38). The predicted molar refractivity (Wildman–Crippen MR) is 166 cm³/mol. The average Bonchev–Trinajstić information content (AvgIpc) is 3.48. The molecule has 0 spiro atoms. The highest BCUT2D eigenvalue weighted by Crippen LogP contribution is 2.29. The Hall–Kier alpha value is -2.98. The minimum Gasteiger partial charge on any atom is -0.497 e. The SMILES string of the molecule is COc1ccc(S(=O)(=O)N(CC(=O)N(Cc2ccc(Cl)cc2Cl)C(C)C(=O)NC2CCCC2)c2cccc(Cl)c2)cc1. The van der Waals surface area contributed by atoms with Gasteiger partial charge < -0.3 is 15.0 Å². The van der Waals surface area contributed by atoms with Crippen LogP contribution in [0.25, 0.3) is 0 Å². The lowest BCUT2D eigenvalue weighted by Crippen LogP contribution is -2.52. The zero-order valence-electron chi connectivity index (χ0n) is 23.2. The van der Waals surface area contributed by atoms with Crippen LogP contribution in [0.15, 0.2) is 71.6 Å². The van der Waals surface area contributed by atoms with E-state index in [1.807, 2.05) is 0 Å². The second kappa shape index (κ2) is 14.0. The Kier molecular flexibility index (Phi) is 10.6. The van der Waals surface area contributed by atoms with Gasteiger partial charge in [0.25, 0.3) is 10.0 Å². The van der Waals surface area contributed by atoms with Gasteiger partial charge in [-0.3, -0.25) is 13.9 Å². The Morgan fingerprint density at radius 1 is 0.976 bits per heavy atom. The smallest absolute Gasteiger partial charge is 0.264 e. The lowest BCUT2D eigenvalue weighted by Gasteiger charge is -2.32. The van der Waals surface area contributed by atoms with Crippen molar-refractivity contribution in [3.8, 4) is 5.75 Å². The van der Waals surface area contributed by atoms with Gasteiger partial charge in [-0.15, -0.1) is 0 Å². The molecule has 4 rings (SSSR count). The second-order valence-electron chi connectivity index (χ2n) is 10.1. The van der Waals surface area contributed by atoms with Gasteiger partial charge in [-0.05, 0) is 79.9 Å². The first-order valence-electron chi connectivity index (χ1n) is 13.5. The molecule has 8 nitrogen and oxygen atoms in total. The van der Waals surface area contributed by atoms with Gasteiger partial charge in [-0.25, -0.2) is 8.42 Å². The van der Waals surface area contributed by atoms with Crippen molar-refractivity contribution in [2.24, 2.45) is 0 Å². The number of anilines is 1. The van der Waals surface area contributed by atoms with Crippen molar-refractivity contribution >= 4 is 62.3 Å². The maximum atomic E-state index is 14.1. The number of amides is 2. The van der Waals surface area contributed by atoms with E-state index >= 15 is 0 Å². The zero-order valence-corrected chi connectivity index (χ0v) is 26.3. The van der Waals surface area contributed by atoms with Crippen LogP contribution in [0.1, 0.15) is 38.2 Å². The third-order valence-corrected chi connectivity index (χ3v) is 9.86. The third-order valence-electron chi connectivity index (χ3n) is 7.25. The highest BCUT2D eigenvalue weighted by molar-refractivity contribution is 7.92. The molecule has 3 aromatic carbocycles. The molecule has 42 heavy (non-hydrogen) atoms. The Balaban J connectivity index is 1.70. The highest BCUT2D eigenvalue weighted by atomic mass is 35.5. The molecule has 3 aromatic rings. The number of ether oxygens (including phenoxy) is 1. The van der Waals surface area contributed by atoms with E-state index in [0.29, 0.717) is 26.4 Å². The van der Waals surface area contributed by atoms with E-state index in [-0.39, 0.29) is 29.1 Å². The molecule has 0 saturated heterocycles. The summed E-state index contributed by atoms with van der Waals surface area (Å²) in [5.74, 6) is -0.452. The Labute approximate surface area is 261 Å². The summed E-state index contributed by atoms with van der Waals surface area (Å²) in [5.41, 5.74) is 0.751. The molecule has 1 unspecified atom stereocenters. The molecule has 0 heterocycles. The van der Waals surface area contributed by atoms with Crippen molar-refractivity contribution in [1.29, 1.82) is 0 Å². The fourth-order valence-electron chi connectivity index (χ4n) is 4.84. The summed E-state index contributed by atoms with van der Waals surface area (Å²) in [6.07, 6.45) is 3.80. The predicted octanol–water partition coefficient (Wildman–Crippen LogP) is 6.33. The molecule has 0 bridgehead atoms. The van der Waals surface area contributed by atoms with Gasteiger partial charge in [0.15, 0.2) is 0 Å². The van der Waals surface area contributed by atoms with E-state index < -0.39 is 28.5 Å². The lowest BCUT2D eigenvalue weighted by molar-refractivity contribution is -0.139. The molecule has 1 atom stereocenters. The Bertz CT molecular complexity index is 1530. The summed E-state index contributed by atoms with van der Waals surface area (Å²) in [5, 5.41) is 4.07. The number of benzene rings is 3. The summed E-state index contributed by atoms with van der Waals surface area (Å²) >= 11 is 18.7. The van der Waals surface area contributed by atoms with E-state index in [4.69, 9.17) is 39.5 Å². The van der Waals surface area contributed by atoms with E-state index in [2.05, 4.69) is 5.32 Å². The summed E-state index contributed by atoms with van der Waals surface area (Å²) in [7, 11) is -2.77. The molecule has 1 aliphatic carbocycles. The number of sulfonamides is 1. The topological polar surface area (TPSA) is 96.0 Å². The van der Waals surface area contributed by atoms with Crippen molar-refractivity contribution in [3.05, 3.63) is 87.4 Å². The van der Waals surface area contributed by atoms with Gasteiger partial charge in [-0.1, -0.05) is 59.8 Å². The monoisotopic (exact) mass is 651 g/mol. The Morgan fingerprint density at radius 2 is 1.64 bits per heavy atom. The lowest BCUT2D eigenvalue weighted by atomic mass is 10.1. The number of hydrogen-bond donors (Lipinski definition) is 1. The van der Waals surface area contributed by atoms with Crippen LogP contribution in [0.3, 0.4) is 0 Å². The molecule has 1 aliphatic rings. The van der Waals surface area contributed by atoms with Gasteiger partial charge in [0.05, 0.1) is 17.7 Å². The van der Waals surface area contributed by atoms with Crippen LogP contribution >= 0.6 is 34.8 Å². The van der Waals surface area contributed by atoms with Crippen molar-refractivity contribution in [1.82, 2.24) is 10.2 Å². The molecule has 2 amide bonds. The van der Waals surface area contributed by atoms with E-state index in [1.165, 1.54) is 42.3 Å². The fourth-order valence-corrected chi connectivity index (χ4v) is 6.90. The first-order valence-corrected chi connectivity index (χ1v) is 16.0. The van der Waals surface area contributed by atoms with E-state index in [1.54, 1.807) is 43.3 Å². The van der Waals surface area contributed by atoms with Gasteiger partial charge in [0.2, 0.25) is 11.8 Å². The average molecular weight is 653 g/mol. The van der Waals surface area contributed by atoms with Crippen LogP contribution in [0.5, 0.6) is 5.75 Å². The fraction of sp³-hybridized carbons (Fsp3) is 0.333. The maximum Gasteiger partial charge on any atom is 0.264 e. The van der Waals surface area contributed by atoms with Crippen LogP contribution < -0.4 is 14.4 Å². The molecular weight excluding hydrogens is 621 g/mol. The van der Waals surface area contributed by atoms with Crippen LogP contribution in [-0.4, -0.2) is 50.9 Å². The number of nitrogens with zero attached hydrogens (tertiary/aromatic N) is 2. The van der Waals surface area contributed by atoms with Crippen molar-refractivity contribution < 1.29 is 22.7 Å². The molecule has 0 radical (unpaired) electrons. The molecular formula is C30H32Cl3N3O5S. The second-order valence-corrected chi connectivity index (χ2v) is 13.2. The number of rotatable bonds is 11. The molecule has 1 fully saturated rings. The van der Waals surface area contributed by atoms with Gasteiger partial charge >= 0.3 is 0 Å². The molecule has 0 aliphatic heterocycles. The van der Waals surface area contributed by atoms with Crippen molar-refractivity contribution in [2.75, 3.05) is 18.0 Å². The number of carbonyl (C=O) groups excluding carboxylic acids is 2. The summed E-state index contributed by atoms with van der Waals surface area (Å²) in [6, 6.07) is 16.1. The highest BCUT2D eigenvalue weighted by Gasteiger charge is 2.33. The number of halogens is 3. The van der Waals surface area contributed by atoms with E-state index in [9.17, 15) is 18.0 Å². The number of methoxy groups -OCH3 is 1. The zero-order chi connectivity index (χ0) is 30.4. The quantitative estimate of drug-likeness (QED) is 0.261. The minimum absolute atomic E-state index is 0.0365. The summed E-state index contributed by atoms with van der Waals surface area (Å²) in [4.78, 5) is 28.7. The molecule has 224 valence electrons. The number of carbonyl (C=O) groups is 2. The Morgan fingerprint density at radius 3 is 2.26 bits per heavy atom. The molecule has 1 saturated carbocycles. The minimum atomic E-state index is -4.25. The van der Waals surface area contributed by atoms with Gasteiger partial charge in [-0.2, -0.15) is 0 Å².